The van der Waals surface area contributed by atoms with Gasteiger partial charge in [0, 0.05) is 23.7 Å². The van der Waals surface area contributed by atoms with Crippen LogP contribution in [0.5, 0.6) is 0 Å². The zero-order valence-corrected chi connectivity index (χ0v) is 12.4. The molecule has 0 aromatic carbocycles. The second kappa shape index (κ2) is 6.64. The molecule has 0 saturated carbocycles. The molecule has 102 valence electrons. The lowest BCUT2D eigenvalue weighted by atomic mass is 10.0. The van der Waals surface area contributed by atoms with E-state index in [-0.39, 0.29) is 0 Å². The number of nitrogens with one attached hydrogen (secondary N) is 1. The Morgan fingerprint density at radius 2 is 2.39 bits per heavy atom. The summed E-state index contributed by atoms with van der Waals surface area (Å²) in [4.78, 5) is 5.89. The average molecular weight is 268 g/mol. The third-order valence-corrected chi connectivity index (χ3v) is 4.92. The number of aromatic nitrogens is 1. The van der Waals surface area contributed by atoms with Gasteiger partial charge in [0.15, 0.2) is 0 Å². The maximum atomic E-state index is 5.71. The Kier molecular flexibility index (Phi) is 5.15. The van der Waals surface area contributed by atoms with Crippen LogP contribution in [-0.2, 0) is 11.2 Å². The van der Waals surface area contributed by atoms with Gasteiger partial charge in [-0.25, -0.2) is 4.98 Å². The lowest BCUT2D eigenvalue weighted by molar-refractivity contribution is -0.00165. The third-order valence-electron chi connectivity index (χ3n) is 3.60. The lowest BCUT2D eigenvalue weighted by Crippen LogP contribution is -2.39. The third kappa shape index (κ3) is 3.53. The molecule has 1 fully saturated rings. The minimum absolute atomic E-state index is 0.357. The Bertz CT molecular complexity index is 366. The molecule has 1 saturated heterocycles. The highest BCUT2D eigenvalue weighted by molar-refractivity contribution is 7.11. The predicted molar refractivity (Wildman–Crippen MR) is 76.1 cm³/mol. The predicted octanol–water partition coefficient (Wildman–Crippen LogP) is 3.31. The smallest absolute Gasteiger partial charge is 0.109 e. The van der Waals surface area contributed by atoms with E-state index in [1.807, 2.05) is 17.5 Å². The summed E-state index contributed by atoms with van der Waals surface area (Å²) >= 11 is 1.83. The van der Waals surface area contributed by atoms with E-state index < -0.39 is 0 Å². The van der Waals surface area contributed by atoms with Gasteiger partial charge in [0.05, 0.1) is 12.1 Å². The van der Waals surface area contributed by atoms with Crippen molar-refractivity contribution in [2.45, 2.75) is 64.6 Å². The van der Waals surface area contributed by atoms with E-state index >= 15 is 0 Å². The Morgan fingerprint density at radius 1 is 1.56 bits per heavy atom. The van der Waals surface area contributed by atoms with Crippen LogP contribution in [0.15, 0.2) is 6.20 Å². The largest absolute Gasteiger partial charge is 0.378 e. The van der Waals surface area contributed by atoms with Crippen molar-refractivity contribution in [3.8, 4) is 0 Å². The first-order chi connectivity index (χ1) is 8.72. The summed E-state index contributed by atoms with van der Waals surface area (Å²) < 4.78 is 5.71. The van der Waals surface area contributed by atoms with Crippen molar-refractivity contribution in [2.24, 2.45) is 0 Å². The van der Waals surface area contributed by atoms with Crippen LogP contribution in [0.25, 0.3) is 0 Å². The van der Waals surface area contributed by atoms with Gasteiger partial charge in [-0.15, -0.1) is 11.3 Å². The topological polar surface area (TPSA) is 34.2 Å². The molecule has 3 nitrogen and oxygen atoms in total. The maximum Gasteiger partial charge on any atom is 0.109 e. The number of hydrogen-bond donors (Lipinski definition) is 1. The Morgan fingerprint density at radius 3 is 3.06 bits per heavy atom. The van der Waals surface area contributed by atoms with Gasteiger partial charge >= 0.3 is 0 Å². The van der Waals surface area contributed by atoms with Gasteiger partial charge in [0.2, 0.25) is 0 Å². The molecule has 2 rings (SSSR count). The van der Waals surface area contributed by atoms with Crippen molar-refractivity contribution in [2.75, 3.05) is 6.61 Å². The van der Waals surface area contributed by atoms with Crippen LogP contribution in [-0.4, -0.2) is 23.7 Å². The second-order valence-electron chi connectivity index (χ2n) is 5.03. The Balaban J connectivity index is 1.88. The molecule has 3 atom stereocenters. The summed E-state index contributed by atoms with van der Waals surface area (Å²) in [5.41, 5.74) is 0. The van der Waals surface area contributed by atoms with E-state index in [9.17, 15) is 0 Å². The van der Waals surface area contributed by atoms with Gasteiger partial charge in [0.1, 0.15) is 5.01 Å². The minimum atomic E-state index is 0.357. The maximum absolute atomic E-state index is 5.71. The van der Waals surface area contributed by atoms with Crippen molar-refractivity contribution in [1.29, 1.82) is 0 Å². The molecule has 1 aliphatic rings. The molecule has 1 N–H and O–H groups in total. The van der Waals surface area contributed by atoms with Crippen molar-refractivity contribution in [1.82, 2.24) is 10.3 Å². The van der Waals surface area contributed by atoms with Crippen molar-refractivity contribution >= 4 is 11.3 Å². The zero-order chi connectivity index (χ0) is 13.0. The molecule has 0 spiro atoms. The van der Waals surface area contributed by atoms with E-state index in [4.69, 9.17) is 4.74 Å². The minimum Gasteiger partial charge on any atom is -0.378 e. The summed E-state index contributed by atoms with van der Waals surface area (Å²) in [5.74, 6) is 0. The first kappa shape index (κ1) is 14.0. The van der Waals surface area contributed by atoms with Gasteiger partial charge in [-0.3, -0.25) is 0 Å². The molecule has 1 aromatic rings. The number of rotatable bonds is 5. The molecular formula is C14H24N2OS. The fraction of sp³-hybridized carbons (Fsp3) is 0.786. The fourth-order valence-corrected chi connectivity index (χ4v) is 3.30. The highest BCUT2D eigenvalue weighted by Crippen LogP contribution is 2.23. The molecule has 0 aliphatic carbocycles. The molecule has 1 aliphatic heterocycles. The van der Waals surface area contributed by atoms with Crippen LogP contribution in [0.2, 0.25) is 0 Å². The number of nitrogens with zero attached hydrogens (tertiary/aromatic N) is 1. The van der Waals surface area contributed by atoms with Crippen LogP contribution in [0, 0.1) is 0 Å². The average Bonchev–Trinajstić information content (AvgIpc) is 2.88. The van der Waals surface area contributed by atoms with Gasteiger partial charge in [0.25, 0.3) is 0 Å². The van der Waals surface area contributed by atoms with E-state index in [0.717, 1.165) is 32.3 Å². The van der Waals surface area contributed by atoms with Gasteiger partial charge in [-0.2, -0.15) is 0 Å². The van der Waals surface area contributed by atoms with E-state index in [1.54, 1.807) is 0 Å². The van der Waals surface area contributed by atoms with Crippen LogP contribution < -0.4 is 5.32 Å². The summed E-state index contributed by atoms with van der Waals surface area (Å²) in [6, 6.07) is 0.934. The molecule has 2 heterocycles. The molecular weight excluding hydrogens is 244 g/mol. The van der Waals surface area contributed by atoms with Crippen molar-refractivity contribution in [3.63, 3.8) is 0 Å². The quantitative estimate of drug-likeness (QED) is 0.889. The molecule has 0 amide bonds. The number of ether oxygens (including phenoxy) is 1. The highest BCUT2D eigenvalue weighted by atomic mass is 32.1. The van der Waals surface area contributed by atoms with Gasteiger partial charge < -0.3 is 10.1 Å². The van der Waals surface area contributed by atoms with Crippen LogP contribution >= 0.6 is 11.3 Å². The summed E-state index contributed by atoms with van der Waals surface area (Å²) in [6.45, 7) is 7.49. The standard InChI is InChI=1S/C14H24N2OS/c1-4-12-8-11(6-7-17-12)16-10(3)14-15-9-13(5-2)18-14/h9-12,16H,4-8H2,1-3H3. The van der Waals surface area contributed by atoms with Crippen molar-refractivity contribution in [3.05, 3.63) is 16.1 Å². The molecule has 4 heteroatoms. The number of aryl methyl sites for hydroxylation is 1. The van der Waals surface area contributed by atoms with E-state index in [0.29, 0.717) is 18.2 Å². The molecule has 18 heavy (non-hydrogen) atoms. The molecule has 1 aromatic heterocycles. The number of thiazole rings is 1. The van der Waals surface area contributed by atoms with Gasteiger partial charge in [-0.1, -0.05) is 13.8 Å². The monoisotopic (exact) mass is 268 g/mol. The number of hydrogen-bond acceptors (Lipinski definition) is 4. The fourth-order valence-electron chi connectivity index (χ4n) is 2.43. The summed E-state index contributed by atoms with van der Waals surface area (Å²) in [7, 11) is 0. The van der Waals surface area contributed by atoms with Crippen LogP contribution in [0.4, 0.5) is 0 Å². The first-order valence-corrected chi connectivity index (χ1v) is 7.86. The second-order valence-corrected chi connectivity index (χ2v) is 6.18. The van der Waals surface area contributed by atoms with Crippen LogP contribution in [0.1, 0.15) is 56.0 Å². The normalized spacial score (nSPS) is 26.2. The van der Waals surface area contributed by atoms with Crippen molar-refractivity contribution < 1.29 is 4.74 Å². The van der Waals surface area contributed by atoms with Gasteiger partial charge in [-0.05, 0) is 32.6 Å². The lowest BCUT2D eigenvalue weighted by Gasteiger charge is -2.31. The van der Waals surface area contributed by atoms with E-state index in [1.165, 1.54) is 9.88 Å². The SMILES string of the molecule is CCc1cnc(C(C)NC2CCOC(CC)C2)s1. The highest BCUT2D eigenvalue weighted by Gasteiger charge is 2.23. The Hall–Kier alpha value is -0.450. The zero-order valence-electron chi connectivity index (χ0n) is 11.6. The first-order valence-electron chi connectivity index (χ1n) is 7.05. The van der Waals surface area contributed by atoms with E-state index in [2.05, 4.69) is 31.1 Å². The Labute approximate surface area is 114 Å². The summed E-state index contributed by atoms with van der Waals surface area (Å²) in [5, 5.41) is 4.92. The molecule has 0 bridgehead atoms. The summed E-state index contributed by atoms with van der Waals surface area (Å²) in [6.07, 6.45) is 6.89. The molecule has 0 radical (unpaired) electrons. The molecule has 3 unspecified atom stereocenters. The van der Waals surface area contributed by atoms with Crippen LogP contribution in [0.3, 0.4) is 0 Å².